The lowest BCUT2D eigenvalue weighted by atomic mass is 9.92. The largest absolute Gasteiger partial charge is 0.376 e. The van der Waals surface area contributed by atoms with Gasteiger partial charge in [-0.25, -0.2) is 0 Å². The second-order valence-corrected chi connectivity index (χ2v) is 5.06. The summed E-state index contributed by atoms with van der Waals surface area (Å²) in [6.07, 6.45) is 2.33. The molecule has 0 radical (unpaired) electrons. The fourth-order valence-corrected chi connectivity index (χ4v) is 2.52. The van der Waals surface area contributed by atoms with E-state index >= 15 is 0 Å². The van der Waals surface area contributed by atoms with Crippen LogP contribution < -0.4 is 5.32 Å². The molecule has 0 aliphatic carbocycles. The van der Waals surface area contributed by atoms with Crippen molar-refractivity contribution < 1.29 is 9.47 Å². The Balaban J connectivity index is 2.01. The van der Waals surface area contributed by atoms with Gasteiger partial charge in [0.15, 0.2) is 5.54 Å². The van der Waals surface area contributed by atoms with Crippen molar-refractivity contribution in [1.82, 2.24) is 5.32 Å². The maximum absolute atomic E-state index is 9.63. The number of hydrogen-bond acceptors (Lipinski definition) is 4. The van der Waals surface area contributed by atoms with Crippen molar-refractivity contribution in [2.75, 3.05) is 26.4 Å². The highest BCUT2D eigenvalue weighted by Gasteiger charge is 2.32. The van der Waals surface area contributed by atoms with Gasteiger partial charge in [0.1, 0.15) is 0 Å². The maximum atomic E-state index is 9.63. The summed E-state index contributed by atoms with van der Waals surface area (Å²) in [6.45, 7) is 4.42. The standard InChI is InChI=1S/C16H22N2O2/c1-2-18-16(12-17,14-7-4-3-5-8-14)13-19-11-15-9-6-10-20-15/h3-5,7-8,15,18H,2,6,9-11,13H2,1H3. The lowest BCUT2D eigenvalue weighted by molar-refractivity contribution is 0.00181. The van der Waals surface area contributed by atoms with Crippen LogP contribution in [0.25, 0.3) is 0 Å². The molecule has 1 aliphatic rings. The van der Waals surface area contributed by atoms with Crippen LogP contribution >= 0.6 is 0 Å². The second-order valence-electron chi connectivity index (χ2n) is 5.06. The molecule has 1 aromatic rings. The predicted octanol–water partition coefficient (Wildman–Crippen LogP) is 2.21. The maximum Gasteiger partial charge on any atom is 0.155 e. The molecule has 0 amide bonds. The minimum atomic E-state index is -0.783. The van der Waals surface area contributed by atoms with Crippen LogP contribution in [-0.2, 0) is 15.0 Å². The molecule has 1 fully saturated rings. The molecule has 1 aliphatic heterocycles. The molecule has 1 saturated heterocycles. The summed E-state index contributed by atoms with van der Waals surface area (Å²) in [5.74, 6) is 0. The van der Waals surface area contributed by atoms with E-state index in [-0.39, 0.29) is 6.10 Å². The number of benzene rings is 1. The Kier molecular flexibility index (Phi) is 5.54. The first-order chi connectivity index (χ1) is 9.80. The van der Waals surface area contributed by atoms with Gasteiger partial charge in [0.05, 0.1) is 25.4 Å². The molecule has 2 atom stereocenters. The summed E-state index contributed by atoms with van der Waals surface area (Å²) in [5, 5.41) is 12.9. The summed E-state index contributed by atoms with van der Waals surface area (Å²) in [5.41, 5.74) is 0.158. The smallest absolute Gasteiger partial charge is 0.155 e. The first kappa shape index (κ1) is 15.0. The number of rotatable bonds is 7. The average molecular weight is 274 g/mol. The minimum absolute atomic E-state index is 0.184. The second kappa shape index (κ2) is 7.39. The van der Waals surface area contributed by atoms with E-state index in [2.05, 4.69) is 11.4 Å². The average Bonchev–Trinajstić information content (AvgIpc) is 3.00. The topological polar surface area (TPSA) is 54.3 Å². The lowest BCUT2D eigenvalue weighted by Crippen LogP contribution is -2.45. The van der Waals surface area contributed by atoms with E-state index < -0.39 is 5.54 Å². The van der Waals surface area contributed by atoms with Gasteiger partial charge in [-0.2, -0.15) is 5.26 Å². The van der Waals surface area contributed by atoms with E-state index in [0.29, 0.717) is 19.8 Å². The first-order valence-electron chi connectivity index (χ1n) is 7.22. The normalized spacial score (nSPS) is 21.3. The van der Waals surface area contributed by atoms with Gasteiger partial charge in [0.2, 0.25) is 0 Å². The van der Waals surface area contributed by atoms with Gasteiger partial charge in [0.25, 0.3) is 0 Å². The minimum Gasteiger partial charge on any atom is -0.376 e. The van der Waals surface area contributed by atoms with E-state index in [1.165, 1.54) is 0 Å². The quantitative estimate of drug-likeness (QED) is 0.828. The predicted molar refractivity (Wildman–Crippen MR) is 77.2 cm³/mol. The van der Waals surface area contributed by atoms with Gasteiger partial charge in [-0.3, -0.25) is 5.32 Å². The summed E-state index contributed by atoms with van der Waals surface area (Å²) in [4.78, 5) is 0. The van der Waals surface area contributed by atoms with Crippen molar-refractivity contribution in [2.24, 2.45) is 0 Å². The van der Waals surface area contributed by atoms with Gasteiger partial charge in [-0.15, -0.1) is 0 Å². The number of hydrogen-bond donors (Lipinski definition) is 1. The van der Waals surface area contributed by atoms with Crippen LogP contribution in [0.3, 0.4) is 0 Å². The summed E-state index contributed by atoms with van der Waals surface area (Å²) in [6, 6.07) is 12.1. The molecule has 1 aromatic carbocycles. The zero-order valence-corrected chi connectivity index (χ0v) is 12.0. The third-order valence-corrected chi connectivity index (χ3v) is 3.58. The Bertz CT molecular complexity index is 438. The number of nitriles is 1. The lowest BCUT2D eigenvalue weighted by Gasteiger charge is -2.28. The van der Waals surface area contributed by atoms with Crippen LogP contribution in [0.4, 0.5) is 0 Å². The summed E-state index contributed by atoms with van der Waals surface area (Å²) < 4.78 is 11.3. The zero-order valence-electron chi connectivity index (χ0n) is 12.0. The Labute approximate surface area is 120 Å². The Morgan fingerprint density at radius 2 is 2.25 bits per heavy atom. The van der Waals surface area contributed by atoms with Gasteiger partial charge < -0.3 is 9.47 Å². The molecule has 1 heterocycles. The number of nitrogens with one attached hydrogen (secondary N) is 1. The van der Waals surface area contributed by atoms with Crippen molar-refractivity contribution in [3.05, 3.63) is 35.9 Å². The molecular weight excluding hydrogens is 252 g/mol. The van der Waals surface area contributed by atoms with Gasteiger partial charge in [-0.05, 0) is 24.9 Å². The summed E-state index contributed by atoms with van der Waals surface area (Å²) >= 11 is 0. The van der Waals surface area contributed by atoms with Crippen molar-refractivity contribution in [3.8, 4) is 6.07 Å². The van der Waals surface area contributed by atoms with Crippen LogP contribution in [-0.4, -0.2) is 32.5 Å². The highest BCUT2D eigenvalue weighted by molar-refractivity contribution is 5.31. The van der Waals surface area contributed by atoms with E-state index in [0.717, 1.165) is 25.0 Å². The number of nitrogens with zero attached hydrogens (tertiary/aromatic N) is 1. The van der Waals surface area contributed by atoms with E-state index in [9.17, 15) is 5.26 Å². The molecule has 0 aromatic heterocycles. The monoisotopic (exact) mass is 274 g/mol. The molecule has 4 nitrogen and oxygen atoms in total. The highest BCUT2D eigenvalue weighted by Crippen LogP contribution is 2.22. The Hall–Kier alpha value is -1.41. The van der Waals surface area contributed by atoms with Gasteiger partial charge in [0, 0.05) is 6.61 Å². The molecule has 2 unspecified atom stereocenters. The third kappa shape index (κ3) is 3.57. The highest BCUT2D eigenvalue weighted by atomic mass is 16.5. The molecule has 0 spiro atoms. The van der Waals surface area contributed by atoms with E-state index in [1.54, 1.807) is 0 Å². The van der Waals surface area contributed by atoms with Crippen LogP contribution in [0.1, 0.15) is 25.3 Å². The van der Waals surface area contributed by atoms with E-state index in [4.69, 9.17) is 9.47 Å². The van der Waals surface area contributed by atoms with Crippen LogP contribution in [0.2, 0.25) is 0 Å². The van der Waals surface area contributed by atoms with Crippen molar-refractivity contribution in [1.29, 1.82) is 5.26 Å². The molecule has 20 heavy (non-hydrogen) atoms. The number of likely N-dealkylation sites (N-methyl/N-ethyl adjacent to an activating group) is 1. The molecule has 108 valence electrons. The Morgan fingerprint density at radius 1 is 1.45 bits per heavy atom. The van der Waals surface area contributed by atoms with E-state index in [1.807, 2.05) is 37.3 Å². The Morgan fingerprint density at radius 3 is 2.85 bits per heavy atom. The van der Waals surface area contributed by atoms with Gasteiger partial charge >= 0.3 is 0 Å². The van der Waals surface area contributed by atoms with Crippen molar-refractivity contribution in [3.63, 3.8) is 0 Å². The SMILES string of the molecule is CCNC(C#N)(COCC1CCCO1)c1ccccc1. The summed E-state index contributed by atoms with van der Waals surface area (Å²) in [7, 11) is 0. The number of ether oxygens (including phenoxy) is 2. The van der Waals surface area contributed by atoms with Gasteiger partial charge in [-0.1, -0.05) is 37.3 Å². The van der Waals surface area contributed by atoms with Crippen molar-refractivity contribution in [2.45, 2.75) is 31.4 Å². The fraction of sp³-hybridized carbons (Fsp3) is 0.562. The molecule has 2 rings (SSSR count). The molecule has 0 bridgehead atoms. The third-order valence-electron chi connectivity index (χ3n) is 3.58. The van der Waals surface area contributed by atoms with Crippen molar-refractivity contribution >= 4 is 0 Å². The van der Waals surface area contributed by atoms with Crippen LogP contribution in [0.15, 0.2) is 30.3 Å². The van der Waals surface area contributed by atoms with Crippen LogP contribution in [0.5, 0.6) is 0 Å². The first-order valence-corrected chi connectivity index (χ1v) is 7.22. The molecule has 1 N–H and O–H groups in total. The van der Waals surface area contributed by atoms with Crippen LogP contribution in [0, 0.1) is 11.3 Å². The molecule has 0 saturated carbocycles. The molecular formula is C16H22N2O2. The fourth-order valence-electron chi connectivity index (χ4n) is 2.52. The zero-order chi connectivity index (χ0) is 14.3. The molecule has 4 heteroatoms.